The summed E-state index contributed by atoms with van der Waals surface area (Å²) < 4.78 is 11.7. The standard InChI is InChI=1S/C24H20O3S/c1-2-26-21-14-18(12-13-20(21)27-16-17-8-4-3-5-9-17)15-23-24(25)19-10-6-7-11-22(19)28-23/h3-15H,2,16H2,1H3/b23-15+. The third-order valence-electron chi connectivity index (χ3n) is 4.38. The number of rotatable bonds is 6. The number of hydrogen-bond acceptors (Lipinski definition) is 4. The molecule has 0 unspecified atom stereocenters. The van der Waals surface area contributed by atoms with Crippen molar-refractivity contribution >= 4 is 23.6 Å². The number of hydrogen-bond donors (Lipinski definition) is 0. The first-order chi connectivity index (χ1) is 13.7. The van der Waals surface area contributed by atoms with Crippen molar-refractivity contribution in [2.45, 2.75) is 18.4 Å². The number of thioether (sulfide) groups is 1. The van der Waals surface area contributed by atoms with Gasteiger partial charge in [0.15, 0.2) is 11.5 Å². The summed E-state index contributed by atoms with van der Waals surface area (Å²) in [5.41, 5.74) is 2.78. The normalized spacial score (nSPS) is 14.2. The lowest BCUT2D eigenvalue weighted by molar-refractivity contribution is 0.104. The van der Waals surface area contributed by atoms with E-state index in [0.717, 1.165) is 26.5 Å². The summed E-state index contributed by atoms with van der Waals surface area (Å²) in [7, 11) is 0. The highest BCUT2D eigenvalue weighted by Crippen LogP contribution is 2.41. The molecule has 3 nitrogen and oxygen atoms in total. The summed E-state index contributed by atoms with van der Waals surface area (Å²) >= 11 is 1.51. The smallest absolute Gasteiger partial charge is 0.200 e. The van der Waals surface area contributed by atoms with Crippen LogP contribution in [0, 0.1) is 0 Å². The van der Waals surface area contributed by atoms with Gasteiger partial charge in [0.05, 0.1) is 11.5 Å². The van der Waals surface area contributed by atoms with Crippen molar-refractivity contribution in [2.75, 3.05) is 6.61 Å². The highest BCUT2D eigenvalue weighted by molar-refractivity contribution is 8.04. The maximum atomic E-state index is 12.6. The Labute approximate surface area is 169 Å². The average Bonchev–Trinajstić information content (AvgIpc) is 3.04. The lowest BCUT2D eigenvalue weighted by Gasteiger charge is -2.13. The number of ketones is 1. The summed E-state index contributed by atoms with van der Waals surface area (Å²) in [6, 6.07) is 23.5. The molecule has 3 aromatic rings. The molecular formula is C24H20O3S. The van der Waals surface area contributed by atoms with Crippen molar-refractivity contribution in [3.63, 3.8) is 0 Å². The van der Waals surface area contributed by atoms with E-state index in [-0.39, 0.29) is 5.78 Å². The largest absolute Gasteiger partial charge is 0.490 e. The fourth-order valence-electron chi connectivity index (χ4n) is 3.02. The Morgan fingerprint density at radius 1 is 0.893 bits per heavy atom. The van der Waals surface area contributed by atoms with Crippen molar-refractivity contribution in [3.05, 3.63) is 94.4 Å². The van der Waals surface area contributed by atoms with E-state index in [1.165, 1.54) is 11.8 Å². The van der Waals surface area contributed by atoms with Crippen LogP contribution in [0.4, 0.5) is 0 Å². The first kappa shape index (κ1) is 18.4. The molecule has 0 atom stereocenters. The van der Waals surface area contributed by atoms with E-state index >= 15 is 0 Å². The fourth-order valence-corrected chi connectivity index (χ4v) is 4.08. The topological polar surface area (TPSA) is 35.5 Å². The predicted molar refractivity (Wildman–Crippen MR) is 113 cm³/mol. The van der Waals surface area contributed by atoms with Crippen LogP contribution >= 0.6 is 11.8 Å². The van der Waals surface area contributed by atoms with Gasteiger partial charge in [0.1, 0.15) is 6.61 Å². The number of fused-ring (bicyclic) bond motifs is 1. The third-order valence-corrected chi connectivity index (χ3v) is 5.48. The van der Waals surface area contributed by atoms with Crippen LogP contribution < -0.4 is 9.47 Å². The van der Waals surface area contributed by atoms with Crippen molar-refractivity contribution in [2.24, 2.45) is 0 Å². The Kier molecular flexibility index (Phi) is 5.49. The molecule has 1 aliphatic rings. The van der Waals surface area contributed by atoms with Crippen LogP contribution in [0.5, 0.6) is 11.5 Å². The van der Waals surface area contributed by atoms with E-state index in [2.05, 4.69) is 0 Å². The van der Waals surface area contributed by atoms with Crippen LogP contribution in [-0.4, -0.2) is 12.4 Å². The van der Waals surface area contributed by atoms with Gasteiger partial charge < -0.3 is 9.47 Å². The van der Waals surface area contributed by atoms with Gasteiger partial charge in [-0.05, 0) is 48.4 Å². The quantitative estimate of drug-likeness (QED) is 0.486. The Hall–Kier alpha value is -2.98. The summed E-state index contributed by atoms with van der Waals surface area (Å²) in [5.74, 6) is 1.45. The number of ether oxygens (including phenoxy) is 2. The first-order valence-corrected chi connectivity index (χ1v) is 10.0. The molecule has 0 amide bonds. The SMILES string of the molecule is CCOc1cc(/C=C2/Sc3ccccc3C2=O)ccc1OCc1ccccc1. The third kappa shape index (κ3) is 3.97. The van der Waals surface area contributed by atoms with E-state index in [1.807, 2.05) is 85.8 Å². The zero-order chi connectivity index (χ0) is 19.3. The van der Waals surface area contributed by atoms with Crippen molar-refractivity contribution in [1.29, 1.82) is 0 Å². The zero-order valence-electron chi connectivity index (χ0n) is 15.6. The van der Waals surface area contributed by atoms with Gasteiger partial charge >= 0.3 is 0 Å². The average molecular weight is 388 g/mol. The van der Waals surface area contributed by atoms with E-state index in [4.69, 9.17) is 9.47 Å². The molecule has 0 aromatic heterocycles. The highest BCUT2D eigenvalue weighted by atomic mass is 32.2. The Bertz CT molecular complexity index is 1030. The minimum atomic E-state index is 0.0722. The van der Waals surface area contributed by atoms with Crippen molar-refractivity contribution < 1.29 is 14.3 Å². The summed E-state index contributed by atoms with van der Waals surface area (Å²) in [4.78, 5) is 14.3. The number of carbonyl (C=O) groups excluding carboxylic acids is 1. The van der Waals surface area contributed by atoms with E-state index in [0.29, 0.717) is 24.7 Å². The van der Waals surface area contributed by atoms with Crippen molar-refractivity contribution in [1.82, 2.24) is 0 Å². The highest BCUT2D eigenvalue weighted by Gasteiger charge is 2.25. The minimum absolute atomic E-state index is 0.0722. The lowest BCUT2D eigenvalue weighted by atomic mass is 10.1. The molecule has 0 saturated heterocycles. The molecule has 4 heteroatoms. The molecule has 0 bridgehead atoms. The van der Waals surface area contributed by atoms with Gasteiger partial charge in [0.2, 0.25) is 5.78 Å². The van der Waals surface area contributed by atoms with Crippen molar-refractivity contribution in [3.8, 4) is 11.5 Å². The van der Waals surface area contributed by atoms with E-state index in [9.17, 15) is 4.79 Å². The molecule has 0 fully saturated rings. The van der Waals surface area contributed by atoms with Crippen LogP contribution in [0.1, 0.15) is 28.4 Å². The lowest BCUT2D eigenvalue weighted by Crippen LogP contribution is -2.00. The van der Waals surface area contributed by atoms with E-state index < -0.39 is 0 Å². The van der Waals surface area contributed by atoms with Crippen LogP contribution in [-0.2, 0) is 6.61 Å². The van der Waals surface area contributed by atoms with Gasteiger partial charge in [-0.3, -0.25) is 4.79 Å². The molecule has 0 radical (unpaired) electrons. The molecule has 1 aliphatic heterocycles. The van der Waals surface area contributed by atoms with E-state index in [1.54, 1.807) is 0 Å². The van der Waals surface area contributed by atoms with Gasteiger partial charge in [-0.15, -0.1) is 0 Å². The number of carbonyl (C=O) groups is 1. The number of Topliss-reactive ketones (excluding diaryl/α,β-unsaturated/α-hetero) is 1. The Morgan fingerprint density at radius 3 is 2.46 bits per heavy atom. The number of benzene rings is 3. The molecule has 140 valence electrons. The minimum Gasteiger partial charge on any atom is -0.490 e. The second-order valence-corrected chi connectivity index (χ2v) is 7.43. The van der Waals surface area contributed by atoms with Crippen LogP contribution in [0.3, 0.4) is 0 Å². The molecule has 1 heterocycles. The zero-order valence-corrected chi connectivity index (χ0v) is 16.4. The van der Waals surface area contributed by atoms with Gasteiger partial charge in [0, 0.05) is 10.5 Å². The molecule has 0 spiro atoms. The maximum Gasteiger partial charge on any atom is 0.200 e. The molecule has 0 aliphatic carbocycles. The summed E-state index contributed by atoms with van der Waals surface area (Å²) in [5, 5.41) is 0. The summed E-state index contributed by atoms with van der Waals surface area (Å²) in [6.45, 7) is 2.96. The molecular weight excluding hydrogens is 368 g/mol. The second kappa shape index (κ2) is 8.36. The molecule has 4 rings (SSSR count). The Balaban J connectivity index is 1.56. The summed E-state index contributed by atoms with van der Waals surface area (Å²) in [6.07, 6.45) is 1.91. The maximum absolute atomic E-state index is 12.6. The predicted octanol–water partition coefficient (Wildman–Crippen LogP) is 5.99. The van der Waals surface area contributed by atoms with Gasteiger partial charge in [-0.1, -0.05) is 60.3 Å². The van der Waals surface area contributed by atoms with Gasteiger partial charge in [0.25, 0.3) is 0 Å². The fraction of sp³-hybridized carbons (Fsp3) is 0.125. The molecule has 28 heavy (non-hydrogen) atoms. The molecule has 0 saturated carbocycles. The number of allylic oxidation sites excluding steroid dienone is 1. The monoisotopic (exact) mass is 388 g/mol. The van der Waals surface area contributed by atoms with Crippen LogP contribution in [0.15, 0.2) is 82.6 Å². The first-order valence-electron chi connectivity index (χ1n) is 9.21. The second-order valence-electron chi connectivity index (χ2n) is 6.35. The molecule has 3 aromatic carbocycles. The van der Waals surface area contributed by atoms with Gasteiger partial charge in [-0.2, -0.15) is 0 Å². The van der Waals surface area contributed by atoms with Crippen LogP contribution in [0.2, 0.25) is 0 Å². The Morgan fingerprint density at radius 2 is 1.68 bits per heavy atom. The van der Waals surface area contributed by atoms with Crippen LogP contribution in [0.25, 0.3) is 6.08 Å². The van der Waals surface area contributed by atoms with Gasteiger partial charge in [-0.25, -0.2) is 0 Å². The molecule has 0 N–H and O–H groups in total.